The first kappa shape index (κ1) is 20.6. The number of likely N-dealkylation sites (N-methyl/N-ethyl adjacent to an activating group) is 1. The van der Waals surface area contributed by atoms with Crippen LogP contribution in [0.15, 0.2) is 0 Å². The van der Waals surface area contributed by atoms with Gasteiger partial charge in [0.2, 0.25) is 5.91 Å². The van der Waals surface area contributed by atoms with Gasteiger partial charge in [-0.15, -0.1) is 0 Å². The molecule has 5 nitrogen and oxygen atoms in total. The summed E-state index contributed by atoms with van der Waals surface area (Å²) in [5.41, 5.74) is 5.83. The molecule has 5 heteroatoms. The van der Waals surface area contributed by atoms with Crippen LogP contribution < -0.4 is 16.4 Å². The quantitative estimate of drug-likeness (QED) is 0.594. The van der Waals surface area contributed by atoms with E-state index in [1.165, 1.54) is 83.6 Å². The number of carbonyl (C=O) groups is 1. The van der Waals surface area contributed by atoms with Crippen molar-refractivity contribution in [2.75, 3.05) is 13.6 Å². The normalized spacial score (nSPS) is 37.6. The van der Waals surface area contributed by atoms with Gasteiger partial charge < -0.3 is 10.2 Å². The van der Waals surface area contributed by atoms with Crippen molar-refractivity contribution in [2.24, 2.45) is 23.5 Å². The van der Waals surface area contributed by atoms with Crippen molar-refractivity contribution in [3.63, 3.8) is 0 Å². The van der Waals surface area contributed by atoms with Crippen LogP contribution in [0.2, 0.25) is 0 Å². The first-order valence-corrected chi connectivity index (χ1v) is 12.1. The van der Waals surface area contributed by atoms with E-state index in [2.05, 4.69) is 10.6 Å². The maximum Gasteiger partial charge on any atom is 0.244 e. The monoisotopic (exact) mass is 390 g/mol. The molecule has 0 aromatic carbocycles. The van der Waals surface area contributed by atoms with Gasteiger partial charge in [0, 0.05) is 13.1 Å². The maximum absolute atomic E-state index is 13.3. The molecule has 4 fully saturated rings. The van der Waals surface area contributed by atoms with Gasteiger partial charge in [0.25, 0.3) is 0 Å². The zero-order valence-electron chi connectivity index (χ0n) is 17.9. The minimum Gasteiger partial charge on any atom is -0.316 e. The Morgan fingerprint density at radius 1 is 1.04 bits per heavy atom. The highest BCUT2D eigenvalue weighted by atomic mass is 16.2. The molecule has 1 aliphatic heterocycles. The highest BCUT2D eigenvalue weighted by molar-refractivity contribution is 5.88. The third-order valence-electron chi connectivity index (χ3n) is 8.09. The predicted octanol–water partition coefficient (Wildman–Crippen LogP) is 3.34. The second-order valence-corrected chi connectivity index (χ2v) is 10.4. The number of hydrogen-bond acceptors (Lipinski definition) is 4. The van der Waals surface area contributed by atoms with Gasteiger partial charge in [-0.05, 0) is 69.2 Å². The van der Waals surface area contributed by atoms with Gasteiger partial charge in [-0.3, -0.25) is 15.8 Å². The van der Waals surface area contributed by atoms with Crippen LogP contribution in [0.5, 0.6) is 0 Å². The Balaban J connectivity index is 1.37. The van der Waals surface area contributed by atoms with Crippen LogP contribution >= 0.6 is 0 Å². The third kappa shape index (κ3) is 4.91. The molecular formula is C23H42N4O. The molecule has 1 unspecified atom stereocenters. The molecule has 160 valence electrons. The minimum atomic E-state index is -0.422. The Bertz CT molecular complexity index is 531. The Labute approximate surface area is 171 Å². The summed E-state index contributed by atoms with van der Waals surface area (Å²) in [4.78, 5) is 15.0. The van der Waals surface area contributed by atoms with E-state index in [1.807, 2.05) is 7.05 Å². The molecule has 4 rings (SSSR count). The van der Waals surface area contributed by atoms with Crippen molar-refractivity contribution in [3.8, 4) is 0 Å². The molecule has 4 aliphatic rings. The molecule has 4 atom stereocenters. The summed E-state index contributed by atoms with van der Waals surface area (Å²) in [6, 6.07) is 0.651. The molecule has 0 bridgehead atoms. The van der Waals surface area contributed by atoms with E-state index in [0.29, 0.717) is 12.0 Å². The summed E-state index contributed by atoms with van der Waals surface area (Å²) in [6.45, 7) is 1.20. The van der Waals surface area contributed by atoms with E-state index in [1.54, 1.807) is 4.90 Å². The summed E-state index contributed by atoms with van der Waals surface area (Å²) < 4.78 is 0. The first-order valence-electron chi connectivity index (χ1n) is 12.1. The molecule has 3 aliphatic carbocycles. The van der Waals surface area contributed by atoms with Gasteiger partial charge in [0.05, 0.1) is 0 Å². The molecule has 1 heterocycles. The second-order valence-electron chi connectivity index (χ2n) is 10.4. The fourth-order valence-corrected chi connectivity index (χ4v) is 6.07. The highest BCUT2D eigenvalue weighted by Crippen LogP contribution is 2.39. The molecule has 0 aromatic rings. The molecule has 1 amide bonds. The zero-order chi connectivity index (χ0) is 19.6. The van der Waals surface area contributed by atoms with E-state index in [9.17, 15) is 4.79 Å². The Kier molecular flexibility index (Phi) is 6.63. The van der Waals surface area contributed by atoms with Crippen LogP contribution in [0.3, 0.4) is 0 Å². The van der Waals surface area contributed by atoms with Crippen LogP contribution in [-0.4, -0.2) is 42.3 Å². The third-order valence-corrected chi connectivity index (χ3v) is 8.09. The van der Waals surface area contributed by atoms with Gasteiger partial charge in [-0.1, -0.05) is 44.9 Å². The SMILES string of the molecule is CN1C(=O)[C@@](CCC2CCCCC2)(C[C@H]2CCC[C@@H](NCC3CC3)C2)NC1N. The highest BCUT2D eigenvalue weighted by Gasteiger charge is 2.49. The summed E-state index contributed by atoms with van der Waals surface area (Å²) in [6.07, 6.45) is 17.5. The van der Waals surface area contributed by atoms with Crippen molar-refractivity contribution in [2.45, 2.75) is 108 Å². The van der Waals surface area contributed by atoms with Crippen LogP contribution in [0.25, 0.3) is 0 Å². The number of hydrogen-bond donors (Lipinski definition) is 3. The molecule has 0 spiro atoms. The van der Waals surface area contributed by atoms with Crippen LogP contribution in [0, 0.1) is 17.8 Å². The van der Waals surface area contributed by atoms with E-state index in [0.717, 1.165) is 24.7 Å². The van der Waals surface area contributed by atoms with Gasteiger partial charge in [-0.2, -0.15) is 0 Å². The van der Waals surface area contributed by atoms with Crippen molar-refractivity contribution >= 4 is 5.91 Å². The van der Waals surface area contributed by atoms with Crippen LogP contribution in [-0.2, 0) is 4.79 Å². The van der Waals surface area contributed by atoms with Crippen molar-refractivity contribution < 1.29 is 4.79 Å². The number of rotatable bonds is 8. The van der Waals surface area contributed by atoms with Crippen molar-refractivity contribution in [3.05, 3.63) is 0 Å². The zero-order valence-corrected chi connectivity index (χ0v) is 17.9. The predicted molar refractivity (Wildman–Crippen MR) is 114 cm³/mol. The van der Waals surface area contributed by atoms with Crippen LogP contribution in [0.4, 0.5) is 0 Å². The number of amides is 1. The van der Waals surface area contributed by atoms with Crippen molar-refractivity contribution in [1.29, 1.82) is 0 Å². The van der Waals surface area contributed by atoms with Crippen molar-refractivity contribution in [1.82, 2.24) is 15.5 Å². The largest absolute Gasteiger partial charge is 0.316 e. The lowest BCUT2D eigenvalue weighted by Gasteiger charge is -2.37. The number of carbonyl (C=O) groups excluding carboxylic acids is 1. The average molecular weight is 391 g/mol. The summed E-state index contributed by atoms with van der Waals surface area (Å²) in [7, 11) is 1.86. The van der Waals surface area contributed by atoms with Gasteiger partial charge in [0.1, 0.15) is 11.8 Å². The lowest BCUT2D eigenvalue weighted by molar-refractivity contribution is -0.133. The molecule has 0 radical (unpaired) electrons. The molecule has 1 saturated heterocycles. The second kappa shape index (κ2) is 9.01. The standard InChI is InChI=1S/C23H42N4O/c1-27-21(28)23(26-22(27)24,13-12-17-6-3-2-4-7-17)15-19-8-5-9-20(14-19)25-16-18-10-11-18/h17-20,22,25-26H,2-16,24H2,1H3/t19-,20+,22?,23+/m0/s1. The fraction of sp³-hybridized carbons (Fsp3) is 0.957. The Morgan fingerprint density at radius 2 is 1.79 bits per heavy atom. The minimum absolute atomic E-state index is 0.240. The van der Waals surface area contributed by atoms with E-state index in [-0.39, 0.29) is 12.2 Å². The fourth-order valence-electron chi connectivity index (χ4n) is 6.07. The van der Waals surface area contributed by atoms with Gasteiger partial charge >= 0.3 is 0 Å². The number of nitrogens with one attached hydrogen (secondary N) is 2. The summed E-state index contributed by atoms with van der Waals surface area (Å²) in [5.74, 6) is 2.62. The Morgan fingerprint density at radius 3 is 2.46 bits per heavy atom. The Hall–Kier alpha value is -0.650. The van der Waals surface area contributed by atoms with Crippen LogP contribution in [0.1, 0.15) is 89.9 Å². The lowest BCUT2D eigenvalue weighted by atomic mass is 9.74. The number of nitrogens with two attached hydrogens (primary N) is 1. The molecule has 3 saturated carbocycles. The van der Waals surface area contributed by atoms with E-state index < -0.39 is 5.54 Å². The molecular weight excluding hydrogens is 348 g/mol. The molecule has 0 aromatic heterocycles. The first-order chi connectivity index (χ1) is 13.6. The van der Waals surface area contributed by atoms with E-state index >= 15 is 0 Å². The maximum atomic E-state index is 13.3. The summed E-state index contributed by atoms with van der Waals surface area (Å²) in [5, 5.41) is 7.39. The smallest absolute Gasteiger partial charge is 0.244 e. The van der Waals surface area contributed by atoms with Gasteiger partial charge in [0.15, 0.2) is 0 Å². The van der Waals surface area contributed by atoms with E-state index in [4.69, 9.17) is 5.73 Å². The molecule has 4 N–H and O–H groups in total. The summed E-state index contributed by atoms with van der Waals surface area (Å²) >= 11 is 0. The molecule has 28 heavy (non-hydrogen) atoms. The van der Waals surface area contributed by atoms with Gasteiger partial charge in [-0.25, -0.2) is 0 Å². The topological polar surface area (TPSA) is 70.4 Å². The average Bonchev–Trinajstić information content (AvgIpc) is 3.52. The number of nitrogens with zero attached hydrogens (tertiary/aromatic N) is 1. The lowest BCUT2D eigenvalue weighted by Crippen LogP contribution is -2.51.